The third-order valence-electron chi connectivity index (χ3n) is 5.02. The molecule has 0 atom stereocenters. The standard InChI is InChI=1S/C22H18Cl2N2O4S/c1-3-31(28,29)14-5-7-20(30-13-4-6-18(23)19(24)10-13)16(11-14)17-12-25-21-15(17)8-9-26(2)22(21)27/h4-12,25H,3H2,1-2H3. The normalized spacial score (nSPS) is 11.7. The van der Waals surface area contributed by atoms with Gasteiger partial charge >= 0.3 is 0 Å². The molecule has 0 saturated carbocycles. The molecule has 9 heteroatoms. The van der Waals surface area contributed by atoms with E-state index in [0.29, 0.717) is 43.6 Å². The van der Waals surface area contributed by atoms with Gasteiger partial charge in [0.25, 0.3) is 5.56 Å². The summed E-state index contributed by atoms with van der Waals surface area (Å²) in [6.07, 6.45) is 3.33. The number of aromatic amines is 1. The van der Waals surface area contributed by atoms with Gasteiger partial charge in [0.05, 0.1) is 20.7 Å². The lowest BCUT2D eigenvalue weighted by Crippen LogP contribution is -2.15. The van der Waals surface area contributed by atoms with Gasteiger partial charge in [0.15, 0.2) is 9.84 Å². The smallest absolute Gasteiger partial charge is 0.274 e. The van der Waals surface area contributed by atoms with Crippen LogP contribution in [0.25, 0.3) is 22.0 Å². The van der Waals surface area contributed by atoms with Crippen LogP contribution >= 0.6 is 23.2 Å². The van der Waals surface area contributed by atoms with Gasteiger partial charge < -0.3 is 14.3 Å². The van der Waals surface area contributed by atoms with Crippen LogP contribution in [0.2, 0.25) is 10.0 Å². The number of hydrogen-bond donors (Lipinski definition) is 1. The van der Waals surface area contributed by atoms with Gasteiger partial charge in [0.2, 0.25) is 0 Å². The maximum Gasteiger partial charge on any atom is 0.274 e. The first-order valence-corrected chi connectivity index (χ1v) is 11.8. The number of nitrogens with zero attached hydrogens (tertiary/aromatic N) is 1. The van der Waals surface area contributed by atoms with Gasteiger partial charge in [-0.2, -0.15) is 0 Å². The number of rotatable bonds is 5. The van der Waals surface area contributed by atoms with Crippen molar-refractivity contribution in [3.63, 3.8) is 0 Å². The molecule has 2 aromatic heterocycles. The monoisotopic (exact) mass is 476 g/mol. The number of ether oxygens (including phenoxy) is 1. The molecule has 4 rings (SSSR count). The molecule has 0 amide bonds. The van der Waals surface area contributed by atoms with Crippen LogP contribution in [0, 0.1) is 0 Å². The van der Waals surface area contributed by atoms with Gasteiger partial charge in [-0.05, 0) is 36.4 Å². The van der Waals surface area contributed by atoms with Crippen LogP contribution in [0.5, 0.6) is 11.5 Å². The maximum absolute atomic E-state index is 12.5. The third kappa shape index (κ3) is 3.96. The lowest BCUT2D eigenvalue weighted by atomic mass is 10.0. The zero-order valence-corrected chi connectivity index (χ0v) is 19.0. The molecule has 6 nitrogen and oxygen atoms in total. The molecule has 0 saturated heterocycles. The Balaban J connectivity index is 1.93. The molecule has 0 aliphatic rings. The predicted molar refractivity (Wildman–Crippen MR) is 123 cm³/mol. The molecule has 0 spiro atoms. The summed E-state index contributed by atoms with van der Waals surface area (Å²) in [5, 5.41) is 1.39. The van der Waals surface area contributed by atoms with E-state index >= 15 is 0 Å². The highest BCUT2D eigenvalue weighted by Crippen LogP contribution is 2.39. The highest BCUT2D eigenvalue weighted by Gasteiger charge is 2.19. The summed E-state index contributed by atoms with van der Waals surface area (Å²) >= 11 is 12.1. The van der Waals surface area contributed by atoms with Gasteiger partial charge in [-0.25, -0.2) is 8.42 Å². The second-order valence-electron chi connectivity index (χ2n) is 6.96. The minimum atomic E-state index is -3.45. The number of aromatic nitrogens is 2. The van der Waals surface area contributed by atoms with Gasteiger partial charge in [-0.3, -0.25) is 4.79 Å². The summed E-state index contributed by atoms with van der Waals surface area (Å²) in [7, 11) is -1.79. The molecule has 2 heterocycles. The average Bonchev–Trinajstić information content (AvgIpc) is 3.18. The van der Waals surface area contributed by atoms with E-state index in [2.05, 4.69) is 4.98 Å². The van der Waals surface area contributed by atoms with E-state index < -0.39 is 9.84 Å². The molecule has 0 radical (unpaired) electrons. The molecule has 2 aromatic carbocycles. The van der Waals surface area contributed by atoms with Gasteiger partial charge in [-0.15, -0.1) is 0 Å². The molecule has 160 valence electrons. The van der Waals surface area contributed by atoms with Crippen molar-refractivity contribution in [1.82, 2.24) is 9.55 Å². The van der Waals surface area contributed by atoms with Crippen LogP contribution in [-0.4, -0.2) is 23.7 Å². The zero-order chi connectivity index (χ0) is 22.3. The van der Waals surface area contributed by atoms with Crippen LogP contribution < -0.4 is 10.3 Å². The van der Waals surface area contributed by atoms with E-state index in [9.17, 15) is 13.2 Å². The number of halogens is 2. The molecule has 0 aliphatic heterocycles. The Bertz CT molecular complexity index is 1470. The van der Waals surface area contributed by atoms with Gasteiger partial charge in [-0.1, -0.05) is 30.1 Å². The van der Waals surface area contributed by atoms with Gasteiger partial charge in [0.1, 0.15) is 17.0 Å². The molecule has 0 bridgehead atoms. The Labute approximate surface area is 188 Å². The first-order chi connectivity index (χ1) is 14.7. The maximum atomic E-state index is 12.5. The van der Waals surface area contributed by atoms with Crippen LogP contribution in [0.4, 0.5) is 0 Å². The number of H-pyrrole nitrogens is 1. The van der Waals surface area contributed by atoms with Crippen LogP contribution in [-0.2, 0) is 16.9 Å². The first-order valence-electron chi connectivity index (χ1n) is 9.38. The Hall–Kier alpha value is -2.74. The Morgan fingerprint density at radius 3 is 2.52 bits per heavy atom. The summed E-state index contributed by atoms with van der Waals surface area (Å²) in [5.74, 6) is 0.820. The summed E-state index contributed by atoms with van der Waals surface area (Å²) in [4.78, 5) is 15.6. The molecule has 1 N–H and O–H groups in total. The zero-order valence-electron chi connectivity index (χ0n) is 16.6. The van der Waals surface area contributed by atoms with E-state index in [1.54, 1.807) is 62.8 Å². The van der Waals surface area contributed by atoms with Crippen molar-refractivity contribution in [3.05, 3.63) is 75.3 Å². The van der Waals surface area contributed by atoms with E-state index in [-0.39, 0.29) is 16.2 Å². The highest BCUT2D eigenvalue weighted by molar-refractivity contribution is 7.91. The quantitative estimate of drug-likeness (QED) is 0.416. The van der Waals surface area contributed by atoms with Crippen molar-refractivity contribution >= 4 is 43.9 Å². The van der Waals surface area contributed by atoms with E-state index in [0.717, 1.165) is 0 Å². The number of fused-ring (bicyclic) bond motifs is 1. The fourth-order valence-corrected chi connectivity index (χ4v) is 4.47. The SMILES string of the molecule is CCS(=O)(=O)c1ccc(Oc2ccc(Cl)c(Cl)c2)c(-c2c[nH]c3c(=O)n(C)ccc23)c1. The lowest BCUT2D eigenvalue weighted by Gasteiger charge is -2.13. The minimum Gasteiger partial charge on any atom is -0.457 e. The highest BCUT2D eigenvalue weighted by atomic mass is 35.5. The van der Waals surface area contributed by atoms with Crippen molar-refractivity contribution < 1.29 is 13.2 Å². The topological polar surface area (TPSA) is 81.2 Å². The molecule has 31 heavy (non-hydrogen) atoms. The third-order valence-corrected chi connectivity index (χ3v) is 7.49. The van der Waals surface area contributed by atoms with Crippen molar-refractivity contribution in [3.8, 4) is 22.6 Å². The summed E-state index contributed by atoms with van der Waals surface area (Å²) in [6.45, 7) is 1.59. The van der Waals surface area contributed by atoms with Crippen LogP contribution in [0.3, 0.4) is 0 Å². The number of benzene rings is 2. The number of pyridine rings is 1. The second-order valence-corrected chi connectivity index (χ2v) is 10.1. The first kappa shape index (κ1) is 21.5. The fourth-order valence-electron chi connectivity index (χ4n) is 3.27. The van der Waals surface area contributed by atoms with E-state index in [1.807, 2.05) is 0 Å². The molecule has 0 unspecified atom stereocenters. The number of sulfone groups is 1. The Kier molecular flexibility index (Phi) is 5.60. The molecular weight excluding hydrogens is 459 g/mol. The Morgan fingerprint density at radius 2 is 1.81 bits per heavy atom. The number of hydrogen-bond acceptors (Lipinski definition) is 4. The molecular formula is C22H18Cl2N2O4S. The average molecular weight is 477 g/mol. The van der Waals surface area contributed by atoms with E-state index in [1.165, 1.54) is 10.6 Å². The van der Waals surface area contributed by atoms with Crippen molar-refractivity contribution in [2.75, 3.05) is 5.75 Å². The summed E-state index contributed by atoms with van der Waals surface area (Å²) in [6, 6.07) is 11.3. The largest absolute Gasteiger partial charge is 0.457 e. The van der Waals surface area contributed by atoms with Crippen LogP contribution in [0.15, 0.2) is 64.5 Å². The number of nitrogens with one attached hydrogen (secondary N) is 1. The number of aryl methyl sites for hydroxylation is 1. The minimum absolute atomic E-state index is 0.0339. The van der Waals surface area contributed by atoms with Gasteiger partial charge in [0, 0.05) is 42.0 Å². The van der Waals surface area contributed by atoms with Crippen LogP contribution in [0.1, 0.15) is 6.92 Å². The fraction of sp³-hybridized carbons (Fsp3) is 0.136. The van der Waals surface area contributed by atoms with Crippen molar-refractivity contribution in [2.45, 2.75) is 11.8 Å². The van der Waals surface area contributed by atoms with Crippen molar-refractivity contribution in [1.29, 1.82) is 0 Å². The molecule has 4 aromatic rings. The second kappa shape index (κ2) is 8.07. The molecule has 0 fully saturated rings. The van der Waals surface area contributed by atoms with E-state index in [4.69, 9.17) is 27.9 Å². The predicted octanol–water partition coefficient (Wildman–Crippen LogP) is 5.43. The summed E-state index contributed by atoms with van der Waals surface area (Å²) < 4.78 is 32.5. The lowest BCUT2D eigenvalue weighted by molar-refractivity contribution is 0.484. The summed E-state index contributed by atoms with van der Waals surface area (Å²) in [5.41, 5.74) is 1.41. The molecule has 0 aliphatic carbocycles. The van der Waals surface area contributed by atoms with Crippen molar-refractivity contribution in [2.24, 2.45) is 7.05 Å². The Morgan fingerprint density at radius 1 is 1.03 bits per heavy atom.